The monoisotopic (exact) mass is 174 g/mol. The molecule has 0 rings (SSSR count). The van der Waals surface area contributed by atoms with Crippen molar-refractivity contribution in [1.82, 2.24) is 0 Å². The number of ether oxygens (including phenoxy) is 2. The summed E-state index contributed by atoms with van der Waals surface area (Å²) in [6, 6.07) is 0. The van der Waals surface area contributed by atoms with Crippen LogP contribution in [0.5, 0.6) is 0 Å². The summed E-state index contributed by atoms with van der Waals surface area (Å²) in [7, 11) is 1.63. The summed E-state index contributed by atoms with van der Waals surface area (Å²) in [5.74, 6) is -0.805. The SMILES string of the molecule is COC(C)CCCOC(=O)C=O. The molecule has 0 radical (unpaired) electrons. The van der Waals surface area contributed by atoms with Gasteiger partial charge in [0.25, 0.3) is 0 Å². The molecule has 0 aliphatic carbocycles. The molecule has 0 bridgehead atoms. The van der Waals surface area contributed by atoms with Crippen molar-refractivity contribution in [2.75, 3.05) is 13.7 Å². The highest BCUT2D eigenvalue weighted by Crippen LogP contribution is 1.99. The minimum absolute atomic E-state index is 0.166. The van der Waals surface area contributed by atoms with Crippen LogP contribution in [0, 0.1) is 0 Å². The molecule has 0 saturated carbocycles. The largest absolute Gasteiger partial charge is 0.460 e. The average Bonchev–Trinajstić information content (AvgIpc) is 2.11. The van der Waals surface area contributed by atoms with Crippen molar-refractivity contribution in [2.24, 2.45) is 0 Å². The van der Waals surface area contributed by atoms with Crippen LogP contribution in [-0.4, -0.2) is 32.1 Å². The Labute approximate surface area is 71.8 Å². The maximum Gasteiger partial charge on any atom is 0.371 e. The van der Waals surface area contributed by atoms with E-state index < -0.39 is 5.97 Å². The molecule has 1 atom stereocenters. The van der Waals surface area contributed by atoms with E-state index in [0.717, 1.165) is 6.42 Å². The van der Waals surface area contributed by atoms with Gasteiger partial charge in [-0.15, -0.1) is 0 Å². The minimum atomic E-state index is -0.805. The molecule has 0 aliphatic heterocycles. The fourth-order valence-electron chi connectivity index (χ4n) is 0.695. The molecule has 0 saturated heterocycles. The Hall–Kier alpha value is -0.900. The summed E-state index contributed by atoms with van der Waals surface area (Å²) in [5, 5.41) is 0. The van der Waals surface area contributed by atoms with E-state index in [4.69, 9.17) is 4.74 Å². The van der Waals surface area contributed by atoms with Gasteiger partial charge in [0.1, 0.15) is 0 Å². The number of hydrogen-bond acceptors (Lipinski definition) is 4. The van der Waals surface area contributed by atoms with E-state index in [1.807, 2.05) is 6.92 Å². The Morgan fingerprint density at radius 3 is 2.75 bits per heavy atom. The molecule has 0 N–H and O–H groups in total. The molecular formula is C8H14O4. The summed E-state index contributed by atoms with van der Waals surface area (Å²) < 4.78 is 9.50. The Balaban J connectivity index is 3.21. The molecule has 0 spiro atoms. The predicted octanol–water partition coefficient (Wildman–Crippen LogP) is 0.544. The molecule has 0 fully saturated rings. The van der Waals surface area contributed by atoms with Crippen LogP contribution < -0.4 is 0 Å². The number of methoxy groups -OCH3 is 1. The first kappa shape index (κ1) is 11.1. The lowest BCUT2D eigenvalue weighted by atomic mass is 10.2. The van der Waals surface area contributed by atoms with E-state index in [1.54, 1.807) is 7.11 Å². The van der Waals surface area contributed by atoms with Gasteiger partial charge in [-0.25, -0.2) is 4.79 Å². The highest BCUT2D eigenvalue weighted by molar-refractivity contribution is 6.20. The van der Waals surface area contributed by atoms with E-state index in [9.17, 15) is 9.59 Å². The summed E-state index contributed by atoms with van der Waals surface area (Å²) in [4.78, 5) is 20.1. The number of hydrogen-bond donors (Lipinski definition) is 0. The number of rotatable bonds is 6. The lowest BCUT2D eigenvalue weighted by Gasteiger charge is -2.07. The summed E-state index contributed by atoms with van der Waals surface area (Å²) in [5.41, 5.74) is 0. The molecule has 0 aromatic heterocycles. The lowest BCUT2D eigenvalue weighted by molar-refractivity contribution is -0.148. The molecule has 0 amide bonds. The summed E-state index contributed by atoms with van der Waals surface area (Å²) in [6.07, 6.45) is 1.87. The Kier molecular flexibility index (Phi) is 6.28. The fraction of sp³-hybridized carbons (Fsp3) is 0.750. The Bertz CT molecular complexity index is 144. The van der Waals surface area contributed by atoms with Crippen LogP contribution in [0.4, 0.5) is 0 Å². The number of carbonyl (C=O) groups is 2. The third kappa shape index (κ3) is 5.85. The number of aldehydes is 1. The van der Waals surface area contributed by atoms with Crippen molar-refractivity contribution in [3.8, 4) is 0 Å². The van der Waals surface area contributed by atoms with Crippen molar-refractivity contribution < 1.29 is 19.1 Å². The number of carbonyl (C=O) groups excluding carboxylic acids is 2. The first-order chi connectivity index (χ1) is 5.70. The molecule has 0 heterocycles. The maximum atomic E-state index is 10.3. The predicted molar refractivity (Wildman–Crippen MR) is 42.7 cm³/mol. The van der Waals surface area contributed by atoms with Crippen LogP contribution in [-0.2, 0) is 19.1 Å². The second-order valence-corrected chi connectivity index (χ2v) is 2.47. The second-order valence-electron chi connectivity index (χ2n) is 2.47. The van der Waals surface area contributed by atoms with Gasteiger partial charge in [-0.3, -0.25) is 4.79 Å². The molecule has 0 aliphatic rings. The van der Waals surface area contributed by atoms with Gasteiger partial charge in [0.15, 0.2) is 0 Å². The van der Waals surface area contributed by atoms with E-state index in [0.29, 0.717) is 6.42 Å². The van der Waals surface area contributed by atoms with E-state index in [-0.39, 0.29) is 19.0 Å². The third-order valence-electron chi connectivity index (χ3n) is 1.50. The number of esters is 1. The second kappa shape index (κ2) is 6.79. The molecule has 1 unspecified atom stereocenters. The average molecular weight is 174 g/mol. The zero-order valence-electron chi connectivity index (χ0n) is 7.41. The first-order valence-corrected chi connectivity index (χ1v) is 3.85. The summed E-state index contributed by atoms with van der Waals surface area (Å²) in [6.45, 7) is 2.22. The molecule has 0 aromatic carbocycles. The molecule has 70 valence electrons. The molecule has 12 heavy (non-hydrogen) atoms. The van der Waals surface area contributed by atoms with Crippen molar-refractivity contribution >= 4 is 12.3 Å². The van der Waals surface area contributed by atoms with Gasteiger partial charge in [-0.1, -0.05) is 0 Å². The van der Waals surface area contributed by atoms with Crippen molar-refractivity contribution in [3.63, 3.8) is 0 Å². The molecule has 0 aromatic rings. The topological polar surface area (TPSA) is 52.6 Å². The van der Waals surface area contributed by atoms with Gasteiger partial charge >= 0.3 is 5.97 Å². The van der Waals surface area contributed by atoms with Crippen molar-refractivity contribution in [3.05, 3.63) is 0 Å². The zero-order chi connectivity index (χ0) is 9.40. The van der Waals surface area contributed by atoms with Crippen LogP contribution in [0.3, 0.4) is 0 Å². The van der Waals surface area contributed by atoms with Gasteiger partial charge in [0.05, 0.1) is 12.7 Å². The van der Waals surface area contributed by atoms with Gasteiger partial charge in [-0.05, 0) is 19.8 Å². The highest BCUT2D eigenvalue weighted by atomic mass is 16.5. The van der Waals surface area contributed by atoms with E-state index in [1.165, 1.54) is 0 Å². The quantitative estimate of drug-likeness (QED) is 0.255. The fourth-order valence-corrected chi connectivity index (χ4v) is 0.695. The maximum absolute atomic E-state index is 10.3. The van der Waals surface area contributed by atoms with E-state index in [2.05, 4.69) is 4.74 Å². The van der Waals surface area contributed by atoms with Gasteiger partial charge in [0, 0.05) is 7.11 Å². The lowest BCUT2D eigenvalue weighted by Crippen LogP contribution is -2.10. The standard InChI is InChI=1S/C8H14O4/c1-7(11-2)4-3-5-12-8(10)6-9/h6-7H,3-5H2,1-2H3. The van der Waals surface area contributed by atoms with Crippen LogP contribution in [0.15, 0.2) is 0 Å². The van der Waals surface area contributed by atoms with Crippen molar-refractivity contribution in [2.45, 2.75) is 25.9 Å². The smallest absolute Gasteiger partial charge is 0.371 e. The van der Waals surface area contributed by atoms with Gasteiger partial charge in [-0.2, -0.15) is 0 Å². The minimum Gasteiger partial charge on any atom is -0.460 e. The molecular weight excluding hydrogens is 160 g/mol. The summed E-state index contributed by atoms with van der Waals surface area (Å²) >= 11 is 0. The van der Waals surface area contributed by atoms with Crippen LogP contribution in [0.1, 0.15) is 19.8 Å². The Morgan fingerprint density at radius 2 is 2.25 bits per heavy atom. The third-order valence-corrected chi connectivity index (χ3v) is 1.50. The molecule has 4 heteroatoms. The first-order valence-electron chi connectivity index (χ1n) is 3.85. The van der Waals surface area contributed by atoms with Crippen LogP contribution in [0.2, 0.25) is 0 Å². The van der Waals surface area contributed by atoms with E-state index >= 15 is 0 Å². The molecule has 4 nitrogen and oxygen atoms in total. The highest BCUT2D eigenvalue weighted by Gasteiger charge is 2.01. The van der Waals surface area contributed by atoms with Crippen LogP contribution in [0.25, 0.3) is 0 Å². The normalized spacial score (nSPS) is 12.2. The van der Waals surface area contributed by atoms with Crippen molar-refractivity contribution in [1.29, 1.82) is 0 Å². The zero-order valence-corrected chi connectivity index (χ0v) is 7.41. The van der Waals surface area contributed by atoms with Crippen LogP contribution >= 0.6 is 0 Å². The van der Waals surface area contributed by atoms with Gasteiger partial charge < -0.3 is 9.47 Å². The van der Waals surface area contributed by atoms with Gasteiger partial charge in [0.2, 0.25) is 6.29 Å². The Morgan fingerprint density at radius 1 is 1.58 bits per heavy atom.